The summed E-state index contributed by atoms with van der Waals surface area (Å²) in [5.41, 5.74) is 0. The Morgan fingerprint density at radius 1 is 1.00 bits per heavy atom. The van der Waals surface area contributed by atoms with Crippen LogP contribution in [-0.2, 0) is 10.8 Å². The Morgan fingerprint density at radius 2 is 1.53 bits per heavy atom. The van der Waals surface area contributed by atoms with E-state index in [0.29, 0.717) is 0 Å². The molecule has 0 aromatic rings. The first kappa shape index (κ1) is 12.9. The highest BCUT2D eigenvalue weighted by Crippen LogP contribution is 2.58. The topological polar surface area (TPSA) is 17.1 Å². The van der Waals surface area contributed by atoms with Crippen molar-refractivity contribution in [3.8, 4) is 0 Å². The van der Waals surface area contributed by atoms with E-state index in [1.165, 1.54) is 6.08 Å². The van der Waals surface area contributed by atoms with Gasteiger partial charge in [-0.15, -0.1) is 0 Å². The zero-order valence-electron chi connectivity index (χ0n) is 8.31. The van der Waals surface area contributed by atoms with Crippen LogP contribution in [0.2, 0.25) is 0 Å². The van der Waals surface area contributed by atoms with Crippen molar-refractivity contribution < 1.29 is 30.6 Å². The van der Waals surface area contributed by atoms with Gasteiger partial charge in [-0.2, -0.15) is 26.3 Å². The Bertz CT molecular complexity index is 368. The van der Waals surface area contributed by atoms with Gasteiger partial charge in [-0.1, -0.05) is 12.2 Å². The molecule has 1 unspecified atom stereocenters. The molecule has 17 heavy (non-hydrogen) atoms. The van der Waals surface area contributed by atoms with E-state index in [0.717, 1.165) is 6.08 Å². The van der Waals surface area contributed by atoms with Gasteiger partial charge in [0.2, 0.25) is 4.75 Å². The van der Waals surface area contributed by atoms with Gasteiger partial charge >= 0.3 is 12.4 Å². The molecular formula is C9H8F6OS. The van der Waals surface area contributed by atoms with Crippen LogP contribution in [0.5, 0.6) is 0 Å². The first-order valence-electron chi connectivity index (χ1n) is 4.85. The predicted molar refractivity (Wildman–Crippen MR) is 48.6 cm³/mol. The maximum Gasteiger partial charge on any atom is 0.415 e. The van der Waals surface area contributed by atoms with Crippen molar-refractivity contribution >= 4 is 10.8 Å². The third-order valence-corrected chi connectivity index (χ3v) is 5.62. The molecule has 2 bridgehead atoms. The lowest BCUT2D eigenvalue weighted by molar-refractivity contribution is -0.278. The van der Waals surface area contributed by atoms with Crippen molar-refractivity contribution in [2.45, 2.75) is 35.2 Å². The van der Waals surface area contributed by atoms with E-state index in [1.54, 1.807) is 0 Å². The number of rotatable bonds is 0. The molecule has 0 radical (unpaired) electrons. The van der Waals surface area contributed by atoms with Gasteiger partial charge in [0.1, 0.15) is 0 Å². The quantitative estimate of drug-likeness (QED) is 0.492. The van der Waals surface area contributed by atoms with E-state index in [2.05, 4.69) is 0 Å². The molecule has 3 atom stereocenters. The Labute approximate surface area is 95.3 Å². The largest absolute Gasteiger partial charge is 0.415 e. The number of hydrogen-bond donors (Lipinski definition) is 0. The molecule has 0 spiro atoms. The monoisotopic (exact) mass is 278 g/mol. The predicted octanol–water partition coefficient (Wildman–Crippen LogP) is 2.95. The van der Waals surface area contributed by atoms with Crippen LogP contribution in [0.3, 0.4) is 0 Å². The van der Waals surface area contributed by atoms with Gasteiger partial charge in [0.05, 0.1) is 16.0 Å². The minimum atomic E-state index is -5.55. The third kappa shape index (κ3) is 1.49. The van der Waals surface area contributed by atoms with Gasteiger partial charge in [0.25, 0.3) is 0 Å². The molecule has 2 aliphatic heterocycles. The molecule has 1 saturated heterocycles. The van der Waals surface area contributed by atoms with Gasteiger partial charge < -0.3 is 0 Å². The van der Waals surface area contributed by atoms with E-state index >= 15 is 0 Å². The average Bonchev–Trinajstić information content (AvgIpc) is 2.15. The van der Waals surface area contributed by atoms with Crippen molar-refractivity contribution in [1.29, 1.82) is 0 Å². The Hall–Kier alpha value is -0.530. The van der Waals surface area contributed by atoms with E-state index < -0.39 is 39.1 Å². The summed E-state index contributed by atoms with van der Waals surface area (Å²) in [5.74, 6) is -1.77. The second-order valence-corrected chi connectivity index (χ2v) is 5.98. The van der Waals surface area contributed by atoms with Crippen LogP contribution in [0.4, 0.5) is 26.3 Å². The molecule has 1 fully saturated rings. The summed E-state index contributed by atoms with van der Waals surface area (Å²) < 4.78 is 84.7. The lowest BCUT2D eigenvalue weighted by atomic mass is 9.81. The van der Waals surface area contributed by atoms with Crippen LogP contribution in [-0.4, -0.2) is 26.6 Å². The molecule has 2 heterocycles. The minimum absolute atomic E-state index is 0.113. The number of allylic oxidation sites excluding steroid dienone is 1. The highest BCUT2D eigenvalue weighted by atomic mass is 32.2. The summed E-state index contributed by atoms with van der Waals surface area (Å²) in [7, 11) is -3.00. The summed E-state index contributed by atoms with van der Waals surface area (Å²) in [6.45, 7) is 0. The maximum absolute atomic E-state index is 12.9. The van der Waals surface area contributed by atoms with Crippen LogP contribution < -0.4 is 0 Å². The Balaban J connectivity index is 2.64. The van der Waals surface area contributed by atoms with Gasteiger partial charge in [-0.25, -0.2) is 0 Å². The lowest BCUT2D eigenvalue weighted by Gasteiger charge is -2.48. The molecule has 3 rings (SSSR count). The molecule has 0 saturated carbocycles. The van der Waals surface area contributed by atoms with E-state index in [-0.39, 0.29) is 12.8 Å². The molecule has 3 aliphatic rings. The van der Waals surface area contributed by atoms with E-state index in [9.17, 15) is 30.6 Å². The SMILES string of the molecule is O=S1[C@@H]2C=C[C@@H](CC2)C1(C(F)(F)F)C(F)(F)F. The molecule has 0 amide bonds. The molecule has 0 N–H and O–H groups in total. The molecule has 98 valence electrons. The van der Waals surface area contributed by atoms with E-state index in [1.807, 2.05) is 0 Å². The molecule has 0 aromatic heterocycles. The van der Waals surface area contributed by atoms with Crippen LogP contribution in [0.15, 0.2) is 12.2 Å². The minimum Gasteiger partial charge on any atom is -0.258 e. The van der Waals surface area contributed by atoms with Gasteiger partial charge in [-0.05, 0) is 12.8 Å². The molecule has 1 nitrogen and oxygen atoms in total. The van der Waals surface area contributed by atoms with E-state index in [4.69, 9.17) is 0 Å². The molecule has 0 aromatic carbocycles. The Kier molecular flexibility index (Phi) is 2.65. The number of halogens is 6. The van der Waals surface area contributed by atoms with Gasteiger partial charge in [0, 0.05) is 5.92 Å². The standard InChI is InChI=1S/C9H8F6OS/c10-8(11,12)7(9(13,14)15)5-1-3-6(4-2-5)17(7)16/h1,3,5-6H,2,4H2/t5-,6+,17?/m0/s1. The number of alkyl halides is 6. The summed E-state index contributed by atoms with van der Waals surface area (Å²) >= 11 is 0. The highest BCUT2D eigenvalue weighted by molar-refractivity contribution is 7.87. The summed E-state index contributed by atoms with van der Waals surface area (Å²) in [6.07, 6.45) is -9.10. The fourth-order valence-corrected chi connectivity index (χ4v) is 4.52. The van der Waals surface area contributed by atoms with Crippen molar-refractivity contribution in [2.75, 3.05) is 0 Å². The first-order chi connectivity index (χ1) is 7.62. The zero-order valence-corrected chi connectivity index (χ0v) is 9.12. The smallest absolute Gasteiger partial charge is 0.258 e. The van der Waals surface area contributed by atoms with Crippen molar-refractivity contribution in [3.63, 3.8) is 0 Å². The zero-order chi connectivity index (χ0) is 13.1. The lowest BCUT2D eigenvalue weighted by Crippen LogP contribution is -2.68. The van der Waals surface area contributed by atoms with Crippen LogP contribution in [0.25, 0.3) is 0 Å². The van der Waals surface area contributed by atoms with Crippen LogP contribution in [0, 0.1) is 5.92 Å². The van der Waals surface area contributed by atoms with Crippen molar-refractivity contribution in [1.82, 2.24) is 0 Å². The highest BCUT2D eigenvalue weighted by Gasteiger charge is 2.79. The molecular weight excluding hydrogens is 270 g/mol. The Morgan fingerprint density at radius 3 is 1.76 bits per heavy atom. The van der Waals surface area contributed by atoms with Crippen LogP contribution in [0.1, 0.15) is 12.8 Å². The molecule has 1 aliphatic carbocycles. The van der Waals surface area contributed by atoms with Gasteiger partial charge in [-0.3, -0.25) is 4.21 Å². The average molecular weight is 278 g/mol. The van der Waals surface area contributed by atoms with Crippen molar-refractivity contribution in [2.24, 2.45) is 5.92 Å². The van der Waals surface area contributed by atoms with Crippen LogP contribution >= 0.6 is 0 Å². The summed E-state index contributed by atoms with van der Waals surface area (Å²) in [6, 6.07) is 0. The fraction of sp³-hybridized carbons (Fsp3) is 0.778. The van der Waals surface area contributed by atoms with Gasteiger partial charge in [0.15, 0.2) is 0 Å². The summed E-state index contributed by atoms with van der Waals surface area (Å²) in [4.78, 5) is 0. The number of hydrogen-bond acceptors (Lipinski definition) is 1. The third-order valence-electron chi connectivity index (χ3n) is 3.28. The molecule has 8 heteroatoms. The summed E-state index contributed by atoms with van der Waals surface area (Å²) in [5, 5.41) is -1.15. The second-order valence-electron chi connectivity index (χ2n) is 4.14. The van der Waals surface area contributed by atoms with Crippen molar-refractivity contribution in [3.05, 3.63) is 12.2 Å². The number of fused-ring (bicyclic) bond motifs is 2. The first-order valence-corrected chi connectivity index (χ1v) is 6.06. The fourth-order valence-electron chi connectivity index (χ4n) is 2.51. The normalized spacial score (nSPS) is 36.2. The second kappa shape index (κ2) is 3.49. The maximum atomic E-state index is 12.9.